The van der Waals surface area contributed by atoms with Crippen LogP contribution in [0.3, 0.4) is 0 Å². The number of nitrogens with one attached hydrogen (secondary N) is 1. The van der Waals surface area contributed by atoms with Crippen molar-refractivity contribution in [3.63, 3.8) is 0 Å². The van der Waals surface area contributed by atoms with Crippen LogP contribution in [-0.4, -0.2) is 8.42 Å². The molecule has 0 aliphatic heterocycles. The molecular formula is C10H16N2O2S. The first-order valence-electron chi connectivity index (χ1n) is 4.67. The number of hydrogen-bond acceptors (Lipinski definition) is 2. The van der Waals surface area contributed by atoms with Gasteiger partial charge < -0.3 is 0 Å². The van der Waals surface area contributed by atoms with Crippen LogP contribution < -0.4 is 9.86 Å². The Balaban J connectivity index is 2.97. The minimum absolute atomic E-state index is 0.305. The van der Waals surface area contributed by atoms with Crippen molar-refractivity contribution in [1.82, 2.24) is 4.72 Å². The predicted molar refractivity (Wildman–Crippen MR) is 60.6 cm³/mol. The summed E-state index contributed by atoms with van der Waals surface area (Å²) in [5.74, 6) is 0. The highest BCUT2D eigenvalue weighted by Crippen LogP contribution is 2.18. The van der Waals surface area contributed by atoms with Gasteiger partial charge in [0, 0.05) is 6.04 Å². The zero-order valence-electron chi connectivity index (χ0n) is 9.11. The summed E-state index contributed by atoms with van der Waals surface area (Å²) in [6.07, 6.45) is 0. The van der Waals surface area contributed by atoms with Crippen molar-refractivity contribution in [2.75, 3.05) is 0 Å². The number of aryl methyl sites for hydroxylation is 2. The summed E-state index contributed by atoms with van der Waals surface area (Å²) >= 11 is 0. The van der Waals surface area contributed by atoms with Crippen molar-refractivity contribution in [2.45, 2.75) is 26.8 Å². The van der Waals surface area contributed by atoms with Crippen LogP contribution in [0.1, 0.15) is 29.7 Å². The first-order chi connectivity index (χ1) is 6.79. The Morgan fingerprint density at radius 2 is 1.93 bits per heavy atom. The maximum atomic E-state index is 10.9. The standard InChI is InChI=1S/C10H16N2O2S/c1-7-4-5-10(8(2)6-7)9(3)12-15(11,13)14/h4-6,9,12H,1-3H3,(H2,11,13,14). The van der Waals surface area contributed by atoms with Gasteiger partial charge in [0.05, 0.1) is 0 Å². The van der Waals surface area contributed by atoms with Crippen LogP contribution in [0.4, 0.5) is 0 Å². The first-order valence-corrected chi connectivity index (χ1v) is 6.21. The highest BCUT2D eigenvalue weighted by atomic mass is 32.2. The molecule has 0 bridgehead atoms. The summed E-state index contributed by atoms with van der Waals surface area (Å²) < 4.78 is 24.1. The van der Waals surface area contributed by atoms with Gasteiger partial charge in [0.25, 0.3) is 10.2 Å². The third-order valence-electron chi connectivity index (χ3n) is 2.23. The van der Waals surface area contributed by atoms with Crippen molar-refractivity contribution in [2.24, 2.45) is 5.14 Å². The maximum absolute atomic E-state index is 10.9. The zero-order valence-corrected chi connectivity index (χ0v) is 9.93. The second-order valence-electron chi connectivity index (χ2n) is 3.74. The molecule has 0 radical (unpaired) electrons. The van der Waals surface area contributed by atoms with Gasteiger partial charge in [0.1, 0.15) is 0 Å². The monoisotopic (exact) mass is 228 g/mol. The summed E-state index contributed by atoms with van der Waals surface area (Å²) in [5.41, 5.74) is 3.15. The van der Waals surface area contributed by atoms with Crippen LogP contribution in [0, 0.1) is 13.8 Å². The van der Waals surface area contributed by atoms with E-state index in [1.54, 1.807) is 6.92 Å². The molecule has 1 aromatic carbocycles. The van der Waals surface area contributed by atoms with E-state index in [1.807, 2.05) is 32.0 Å². The second kappa shape index (κ2) is 4.30. The lowest BCUT2D eigenvalue weighted by molar-refractivity contribution is 0.568. The fourth-order valence-corrected chi connectivity index (χ4v) is 2.24. The van der Waals surface area contributed by atoms with Crippen molar-refractivity contribution >= 4 is 10.2 Å². The van der Waals surface area contributed by atoms with Crippen LogP contribution in [0.5, 0.6) is 0 Å². The lowest BCUT2D eigenvalue weighted by Crippen LogP contribution is -2.33. The van der Waals surface area contributed by atoms with E-state index in [0.717, 1.165) is 16.7 Å². The minimum Gasteiger partial charge on any atom is -0.216 e. The van der Waals surface area contributed by atoms with Gasteiger partial charge in [-0.1, -0.05) is 23.8 Å². The van der Waals surface area contributed by atoms with Crippen molar-refractivity contribution in [3.05, 3.63) is 34.9 Å². The molecule has 1 atom stereocenters. The normalized spacial score (nSPS) is 13.9. The summed E-state index contributed by atoms with van der Waals surface area (Å²) in [6, 6.07) is 5.56. The average Bonchev–Trinajstić information content (AvgIpc) is 1.99. The minimum atomic E-state index is -3.65. The Hall–Kier alpha value is -0.910. The topological polar surface area (TPSA) is 72.2 Å². The van der Waals surface area contributed by atoms with Crippen LogP contribution in [-0.2, 0) is 10.2 Å². The molecule has 0 amide bonds. The van der Waals surface area contributed by atoms with Gasteiger partial charge in [0.15, 0.2) is 0 Å². The first kappa shape index (κ1) is 12.2. The quantitative estimate of drug-likeness (QED) is 0.814. The molecule has 5 heteroatoms. The van der Waals surface area contributed by atoms with Crippen molar-refractivity contribution < 1.29 is 8.42 Å². The lowest BCUT2D eigenvalue weighted by Gasteiger charge is -2.15. The van der Waals surface area contributed by atoms with Gasteiger partial charge >= 0.3 is 0 Å². The Bertz CT molecular complexity index is 454. The number of rotatable bonds is 3. The van der Waals surface area contributed by atoms with Crippen molar-refractivity contribution in [3.8, 4) is 0 Å². The molecule has 3 N–H and O–H groups in total. The molecule has 84 valence electrons. The molecule has 15 heavy (non-hydrogen) atoms. The van der Waals surface area contributed by atoms with E-state index in [-0.39, 0.29) is 6.04 Å². The van der Waals surface area contributed by atoms with Gasteiger partial charge in [-0.3, -0.25) is 0 Å². The molecule has 0 aliphatic carbocycles. The van der Waals surface area contributed by atoms with Gasteiger partial charge in [-0.15, -0.1) is 0 Å². The van der Waals surface area contributed by atoms with E-state index in [9.17, 15) is 8.42 Å². The number of hydrogen-bond donors (Lipinski definition) is 2. The van der Waals surface area contributed by atoms with E-state index >= 15 is 0 Å². The van der Waals surface area contributed by atoms with Crippen LogP contribution in [0.25, 0.3) is 0 Å². The Kier molecular flexibility index (Phi) is 3.49. The summed E-state index contributed by atoms with van der Waals surface area (Å²) in [7, 11) is -3.65. The molecule has 0 saturated heterocycles. The third kappa shape index (κ3) is 3.62. The molecule has 0 saturated carbocycles. The lowest BCUT2D eigenvalue weighted by atomic mass is 10.0. The molecule has 0 fully saturated rings. The highest BCUT2D eigenvalue weighted by molar-refractivity contribution is 7.87. The SMILES string of the molecule is Cc1ccc(C(C)NS(N)(=O)=O)c(C)c1. The molecular weight excluding hydrogens is 212 g/mol. The van der Waals surface area contributed by atoms with E-state index in [1.165, 1.54) is 0 Å². The predicted octanol–water partition coefficient (Wildman–Crippen LogP) is 1.16. The number of nitrogens with two attached hydrogens (primary N) is 1. The van der Waals surface area contributed by atoms with Crippen LogP contribution >= 0.6 is 0 Å². The second-order valence-corrected chi connectivity index (χ2v) is 5.07. The Morgan fingerprint density at radius 3 is 2.40 bits per heavy atom. The van der Waals surface area contributed by atoms with Crippen molar-refractivity contribution in [1.29, 1.82) is 0 Å². The number of benzene rings is 1. The zero-order chi connectivity index (χ0) is 11.6. The summed E-state index contributed by atoms with van der Waals surface area (Å²) in [4.78, 5) is 0. The van der Waals surface area contributed by atoms with E-state index in [4.69, 9.17) is 5.14 Å². The molecule has 1 aromatic rings. The molecule has 4 nitrogen and oxygen atoms in total. The van der Waals surface area contributed by atoms with Gasteiger partial charge in [-0.2, -0.15) is 13.1 Å². The fourth-order valence-electron chi connectivity index (χ4n) is 1.62. The maximum Gasteiger partial charge on any atom is 0.274 e. The summed E-state index contributed by atoms with van der Waals surface area (Å²) in [5, 5.41) is 4.91. The highest BCUT2D eigenvalue weighted by Gasteiger charge is 2.12. The van der Waals surface area contributed by atoms with Crippen LogP contribution in [0.2, 0.25) is 0 Å². The molecule has 0 spiro atoms. The fraction of sp³-hybridized carbons (Fsp3) is 0.400. The molecule has 0 heterocycles. The van der Waals surface area contributed by atoms with E-state index in [2.05, 4.69) is 4.72 Å². The molecule has 0 aliphatic rings. The smallest absolute Gasteiger partial charge is 0.216 e. The molecule has 0 aromatic heterocycles. The van der Waals surface area contributed by atoms with Crippen LogP contribution in [0.15, 0.2) is 18.2 Å². The molecule has 1 rings (SSSR count). The summed E-state index contributed by atoms with van der Waals surface area (Å²) in [6.45, 7) is 5.71. The largest absolute Gasteiger partial charge is 0.274 e. The Morgan fingerprint density at radius 1 is 1.33 bits per heavy atom. The van der Waals surface area contributed by atoms with Gasteiger partial charge in [0.2, 0.25) is 0 Å². The Labute approximate surface area is 90.7 Å². The third-order valence-corrected chi connectivity index (χ3v) is 2.91. The average molecular weight is 228 g/mol. The van der Waals surface area contributed by atoms with Gasteiger partial charge in [-0.25, -0.2) is 5.14 Å². The van der Waals surface area contributed by atoms with E-state index < -0.39 is 10.2 Å². The van der Waals surface area contributed by atoms with E-state index in [0.29, 0.717) is 0 Å². The van der Waals surface area contributed by atoms with Gasteiger partial charge in [-0.05, 0) is 31.9 Å². The molecule has 1 unspecified atom stereocenters.